The Morgan fingerprint density at radius 1 is 1.42 bits per heavy atom. The predicted octanol–water partition coefficient (Wildman–Crippen LogP) is 3.01. The van der Waals surface area contributed by atoms with Gasteiger partial charge in [0.25, 0.3) is 0 Å². The third-order valence-electron chi connectivity index (χ3n) is 1.65. The van der Waals surface area contributed by atoms with Crippen molar-refractivity contribution in [1.82, 2.24) is 4.57 Å². The molecule has 0 saturated heterocycles. The standard InChI is InChI=1S/C7H7ClF3N/c1-4-5(7(9,10)11)3-12(2)6(4)8/h3H,1-2H3. The SMILES string of the molecule is Cc1c(C(F)(F)F)cn(C)c1Cl. The summed E-state index contributed by atoms with van der Waals surface area (Å²) in [5, 5.41) is 0.127. The molecule has 1 aromatic rings. The fourth-order valence-electron chi connectivity index (χ4n) is 1.01. The zero-order valence-corrected chi connectivity index (χ0v) is 7.29. The van der Waals surface area contributed by atoms with Crippen LogP contribution in [0.3, 0.4) is 0 Å². The van der Waals surface area contributed by atoms with Gasteiger partial charge in [-0.1, -0.05) is 11.6 Å². The van der Waals surface area contributed by atoms with E-state index in [0.717, 1.165) is 6.20 Å². The van der Waals surface area contributed by atoms with Gasteiger partial charge >= 0.3 is 6.18 Å². The van der Waals surface area contributed by atoms with Gasteiger partial charge in [0, 0.05) is 13.2 Å². The lowest BCUT2D eigenvalue weighted by atomic mass is 10.2. The predicted molar refractivity (Wildman–Crippen MR) is 40.2 cm³/mol. The topological polar surface area (TPSA) is 4.93 Å². The summed E-state index contributed by atoms with van der Waals surface area (Å²) in [7, 11) is 1.48. The number of aryl methyl sites for hydroxylation is 1. The lowest BCUT2D eigenvalue weighted by Crippen LogP contribution is -2.04. The van der Waals surface area contributed by atoms with Crippen LogP contribution in [0.1, 0.15) is 11.1 Å². The summed E-state index contributed by atoms with van der Waals surface area (Å²) in [4.78, 5) is 0. The van der Waals surface area contributed by atoms with E-state index in [1.807, 2.05) is 0 Å². The van der Waals surface area contributed by atoms with Crippen LogP contribution in [0.2, 0.25) is 5.15 Å². The molecule has 0 aliphatic carbocycles. The highest BCUT2D eigenvalue weighted by Gasteiger charge is 2.34. The molecule has 0 fully saturated rings. The minimum atomic E-state index is -4.31. The molecule has 0 saturated carbocycles. The van der Waals surface area contributed by atoms with E-state index in [9.17, 15) is 13.2 Å². The van der Waals surface area contributed by atoms with Crippen LogP contribution in [0, 0.1) is 6.92 Å². The first-order valence-electron chi connectivity index (χ1n) is 3.22. The summed E-state index contributed by atoms with van der Waals surface area (Å²) in [5.74, 6) is 0. The maximum Gasteiger partial charge on any atom is 0.418 e. The molecular formula is C7H7ClF3N. The Kier molecular flexibility index (Phi) is 2.12. The second-order valence-electron chi connectivity index (χ2n) is 2.57. The van der Waals surface area contributed by atoms with Gasteiger partial charge in [0.2, 0.25) is 0 Å². The molecule has 68 valence electrons. The molecule has 0 bridgehead atoms. The Balaban J connectivity index is 3.28. The number of aromatic nitrogens is 1. The van der Waals surface area contributed by atoms with Gasteiger partial charge < -0.3 is 4.57 Å². The lowest BCUT2D eigenvalue weighted by molar-refractivity contribution is -0.138. The lowest BCUT2D eigenvalue weighted by Gasteiger charge is -2.03. The van der Waals surface area contributed by atoms with Crippen LogP contribution in [0.25, 0.3) is 0 Å². The summed E-state index contributed by atoms with van der Waals surface area (Å²) in [6.07, 6.45) is -3.33. The number of alkyl halides is 3. The quantitative estimate of drug-likeness (QED) is 0.603. The molecular weight excluding hydrogens is 191 g/mol. The molecule has 1 heterocycles. The van der Waals surface area contributed by atoms with Crippen LogP contribution in [-0.2, 0) is 13.2 Å². The van der Waals surface area contributed by atoms with Crippen molar-refractivity contribution < 1.29 is 13.2 Å². The van der Waals surface area contributed by atoms with Gasteiger partial charge in [-0.3, -0.25) is 0 Å². The van der Waals surface area contributed by atoms with Crippen molar-refractivity contribution in [3.05, 3.63) is 22.5 Å². The molecule has 5 heteroatoms. The minimum absolute atomic E-state index is 0.0756. The van der Waals surface area contributed by atoms with Crippen molar-refractivity contribution in [2.24, 2.45) is 7.05 Å². The molecule has 0 spiro atoms. The first-order valence-corrected chi connectivity index (χ1v) is 3.60. The highest BCUT2D eigenvalue weighted by molar-refractivity contribution is 6.30. The molecule has 0 radical (unpaired) electrons. The molecule has 0 unspecified atom stereocenters. The van der Waals surface area contributed by atoms with Crippen LogP contribution >= 0.6 is 11.6 Å². The minimum Gasteiger partial charge on any atom is -0.341 e. The van der Waals surface area contributed by atoms with Gasteiger partial charge in [-0.2, -0.15) is 13.2 Å². The highest BCUT2D eigenvalue weighted by Crippen LogP contribution is 2.35. The average molecular weight is 198 g/mol. The van der Waals surface area contributed by atoms with Crippen LogP contribution in [-0.4, -0.2) is 4.57 Å². The highest BCUT2D eigenvalue weighted by atomic mass is 35.5. The van der Waals surface area contributed by atoms with E-state index in [2.05, 4.69) is 0 Å². The van der Waals surface area contributed by atoms with Gasteiger partial charge in [-0.15, -0.1) is 0 Å². The smallest absolute Gasteiger partial charge is 0.341 e. The van der Waals surface area contributed by atoms with E-state index < -0.39 is 11.7 Å². The number of nitrogens with zero attached hydrogens (tertiary/aromatic N) is 1. The molecule has 1 rings (SSSR count). The maximum absolute atomic E-state index is 12.2. The molecule has 0 N–H and O–H groups in total. The second-order valence-corrected chi connectivity index (χ2v) is 2.93. The summed E-state index contributed by atoms with van der Waals surface area (Å²) in [6, 6.07) is 0. The Bertz CT molecular complexity index is 300. The number of hydrogen-bond donors (Lipinski definition) is 0. The Hall–Kier alpha value is -0.640. The molecule has 1 aromatic heterocycles. The van der Waals surface area contributed by atoms with Crippen LogP contribution < -0.4 is 0 Å². The van der Waals surface area contributed by atoms with E-state index in [4.69, 9.17) is 11.6 Å². The van der Waals surface area contributed by atoms with Gasteiger partial charge in [-0.25, -0.2) is 0 Å². The monoisotopic (exact) mass is 197 g/mol. The Morgan fingerprint density at radius 2 is 1.92 bits per heavy atom. The zero-order chi connectivity index (χ0) is 9.52. The summed E-state index contributed by atoms with van der Waals surface area (Å²) >= 11 is 5.57. The van der Waals surface area contributed by atoms with Crippen molar-refractivity contribution in [2.45, 2.75) is 13.1 Å². The average Bonchev–Trinajstić information content (AvgIpc) is 2.15. The van der Waals surface area contributed by atoms with E-state index >= 15 is 0 Å². The summed E-state index contributed by atoms with van der Waals surface area (Å²) < 4.78 is 37.8. The third-order valence-corrected chi connectivity index (χ3v) is 2.20. The van der Waals surface area contributed by atoms with Crippen molar-refractivity contribution >= 4 is 11.6 Å². The summed E-state index contributed by atoms with van der Waals surface area (Å²) in [6.45, 7) is 1.35. The fraction of sp³-hybridized carbons (Fsp3) is 0.429. The first kappa shape index (κ1) is 9.45. The molecule has 0 amide bonds. The molecule has 0 atom stereocenters. The third kappa shape index (κ3) is 1.43. The van der Waals surface area contributed by atoms with Crippen molar-refractivity contribution in [2.75, 3.05) is 0 Å². The van der Waals surface area contributed by atoms with Gasteiger partial charge in [-0.05, 0) is 12.5 Å². The van der Waals surface area contributed by atoms with E-state index in [1.54, 1.807) is 0 Å². The molecule has 12 heavy (non-hydrogen) atoms. The Labute approximate surface area is 72.7 Å². The van der Waals surface area contributed by atoms with E-state index in [-0.39, 0.29) is 10.7 Å². The van der Waals surface area contributed by atoms with Crippen molar-refractivity contribution in [3.8, 4) is 0 Å². The van der Waals surface area contributed by atoms with Crippen LogP contribution in [0.15, 0.2) is 6.20 Å². The zero-order valence-electron chi connectivity index (χ0n) is 6.54. The first-order chi connectivity index (χ1) is 5.34. The second kappa shape index (κ2) is 2.69. The number of hydrogen-bond acceptors (Lipinski definition) is 0. The van der Waals surface area contributed by atoms with Crippen molar-refractivity contribution in [1.29, 1.82) is 0 Å². The molecule has 0 aliphatic rings. The van der Waals surface area contributed by atoms with Gasteiger partial charge in [0.1, 0.15) is 5.15 Å². The van der Waals surface area contributed by atoms with Crippen LogP contribution in [0.5, 0.6) is 0 Å². The van der Waals surface area contributed by atoms with Gasteiger partial charge in [0.05, 0.1) is 5.56 Å². The van der Waals surface area contributed by atoms with E-state index in [1.165, 1.54) is 18.5 Å². The van der Waals surface area contributed by atoms with Crippen molar-refractivity contribution in [3.63, 3.8) is 0 Å². The maximum atomic E-state index is 12.2. The number of halogens is 4. The largest absolute Gasteiger partial charge is 0.418 e. The van der Waals surface area contributed by atoms with Crippen LogP contribution in [0.4, 0.5) is 13.2 Å². The number of rotatable bonds is 0. The molecule has 0 aliphatic heterocycles. The fourth-order valence-corrected chi connectivity index (χ4v) is 1.16. The van der Waals surface area contributed by atoms with E-state index in [0.29, 0.717) is 0 Å². The Morgan fingerprint density at radius 3 is 2.08 bits per heavy atom. The molecule has 1 nitrogen and oxygen atoms in total. The summed E-state index contributed by atoms with van der Waals surface area (Å²) in [5.41, 5.74) is -0.596. The molecule has 0 aromatic carbocycles. The van der Waals surface area contributed by atoms with Gasteiger partial charge in [0.15, 0.2) is 0 Å². The normalized spacial score (nSPS) is 12.2.